The summed E-state index contributed by atoms with van der Waals surface area (Å²) in [7, 11) is 0. The number of para-hydroxylation sites is 3. The van der Waals surface area contributed by atoms with E-state index in [1.54, 1.807) is 0 Å². The van der Waals surface area contributed by atoms with Crippen LogP contribution in [0.2, 0.25) is 0 Å². The highest BCUT2D eigenvalue weighted by Crippen LogP contribution is 2.41. The van der Waals surface area contributed by atoms with Gasteiger partial charge in [0.15, 0.2) is 0 Å². The van der Waals surface area contributed by atoms with E-state index in [1.165, 1.54) is 76.5 Å². The third-order valence-corrected chi connectivity index (χ3v) is 13.3. The van der Waals surface area contributed by atoms with E-state index in [0.717, 1.165) is 57.7 Å². The zero-order valence-corrected chi connectivity index (χ0v) is 35.4. The van der Waals surface area contributed by atoms with Gasteiger partial charge in [-0.2, -0.15) is 0 Å². The molecule has 0 aliphatic heterocycles. The number of imidazole rings is 1. The van der Waals surface area contributed by atoms with Gasteiger partial charge in [0, 0.05) is 66.8 Å². The average molecular weight is 819 g/mol. The molecule has 0 atom stereocenters. The molecule has 4 nitrogen and oxygen atoms in total. The Labute approximate surface area is 370 Å². The first kappa shape index (κ1) is 36.4. The van der Waals surface area contributed by atoms with E-state index in [2.05, 4.69) is 233 Å². The molecular formula is C60H42N4. The van der Waals surface area contributed by atoms with Gasteiger partial charge in [-0.05, 0) is 106 Å². The van der Waals surface area contributed by atoms with E-state index in [0.29, 0.717) is 0 Å². The van der Waals surface area contributed by atoms with Gasteiger partial charge in [0.2, 0.25) is 0 Å². The molecule has 0 aliphatic rings. The molecule has 4 heteroatoms. The molecule has 10 aromatic carbocycles. The first-order chi connectivity index (χ1) is 31.7. The molecule has 64 heavy (non-hydrogen) atoms. The van der Waals surface area contributed by atoms with Crippen LogP contribution in [-0.2, 0) is 6.54 Å². The number of rotatable bonds is 7. The van der Waals surface area contributed by atoms with Crippen LogP contribution in [0.3, 0.4) is 0 Å². The molecule has 0 N–H and O–H groups in total. The highest BCUT2D eigenvalue weighted by Gasteiger charge is 2.21. The normalized spacial score (nSPS) is 12.0. The number of hydrogen-bond acceptors (Lipinski definition) is 1. The van der Waals surface area contributed by atoms with E-state index in [4.69, 9.17) is 4.98 Å². The van der Waals surface area contributed by atoms with Crippen molar-refractivity contribution in [2.45, 2.75) is 19.9 Å². The van der Waals surface area contributed by atoms with E-state index in [9.17, 15) is 0 Å². The summed E-state index contributed by atoms with van der Waals surface area (Å²) in [6, 6.07) is 77.6. The average Bonchev–Trinajstić information content (AvgIpc) is 4.03. The maximum absolute atomic E-state index is 5.54. The first-order valence-corrected chi connectivity index (χ1v) is 22.3. The quantitative estimate of drug-likeness (QED) is 0.147. The van der Waals surface area contributed by atoms with Gasteiger partial charge >= 0.3 is 0 Å². The molecule has 0 saturated heterocycles. The molecule has 0 spiro atoms. The lowest BCUT2D eigenvalue weighted by Crippen LogP contribution is -1.98. The molecule has 13 aromatic rings. The minimum absolute atomic E-state index is 0.929. The van der Waals surface area contributed by atoms with Gasteiger partial charge < -0.3 is 9.13 Å². The van der Waals surface area contributed by atoms with Crippen molar-refractivity contribution >= 4 is 76.2 Å². The Kier molecular flexibility index (Phi) is 8.22. The van der Waals surface area contributed by atoms with Crippen LogP contribution in [0.15, 0.2) is 212 Å². The van der Waals surface area contributed by atoms with Crippen LogP contribution in [-0.4, -0.2) is 18.7 Å². The topological polar surface area (TPSA) is 27.7 Å². The molecule has 302 valence electrons. The van der Waals surface area contributed by atoms with Gasteiger partial charge in [-0.3, -0.25) is 4.57 Å². The predicted molar refractivity (Wildman–Crippen MR) is 270 cm³/mol. The number of aryl methyl sites for hydroxylation is 1. The zero-order valence-electron chi connectivity index (χ0n) is 35.4. The van der Waals surface area contributed by atoms with Crippen molar-refractivity contribution in [2.24, 2.45) is 0 Å². The second-order valence-electron chi connectivity index (χ2n) is 17.0. The van der Waals surface area contributed by atoms with Gasteiger partial charge in [-0.1, -0.05) is 153 Å². The van der Waals surface area contributed by atoms with Crippen molar-refractivity contribution in [3.05, 3.63) is 212 Å². The summed E-state index contributed by atoms with van der Waals surface area (Å²) in [6.45, 7) is 3.22. The summed E-state index contributed by atoms with van der Waals surface area (Å²) in [5.74, 6) is 0.929. The second kappa shape index (κ2) is 14.4. The molecular weight excluding hydrogens is 777 g/mol. The van der Waals surface area contributed by atoms with Crippen LogP contribution in [0, 0.1) is 0 Å². The predicted octanol–water partition coefficient (Wildman–Crippen LogP) is 15.9. The minimum Gasteiger partial charge on any atom is -0.340 e. The second-order valence-corrected chi connectivity index (χ2v) is 17.0. The summed E-state index contributed by atoms with van der Waals surface area (Å²) in [6.07, 6.45) is 1.05. The highest BCUT2D eigenvalue weighted by atomic mass is 15.1. The number of fused-ring (bicyclic) bond motifs is 12. The number of hydrogen-bond donors (Lipinski definition) is 0. The standard InChI is InChI=1S/C60H42N4/c1-2-34-62-54-32-30-41(37-52(54)53-38-42(31-33-55(53)62)40-17-15-21-45(36-40)63-56-28-12-10-24-48(56)49-25-11-13-29-57(49)63)39-16-14-18-43(35-39)60-61-58-50-26-8-6-22-46(50)47-23-7-9-27-51(47)59(58)64(60)44-19-4-3-5-20-44/h3-33,35-38H,2,34H2,1H3. The van der Waals surface area contributed by atoms with Crippen molar-refractivity contribution in [1.29, 1.82) is 0 Å². The van der Waals surface area contributed by atoms with Gasteiger partial charge in [0.25, 0.3) is 0 Å². The fourth-order valence-electron chi connectivity index (χ4n) is 10.5. The Morgan fingerprint density at radius 1 is 0.344 bits per heavy atom. The van der Waals surface area contributed by atoms with Crippen molar-refractivity contribution in [2.75, 3.05) is 0 Å². The third kappa shape index (κ3) is 5.52. The van der Waals surface area contributed by atoms with Crippen molar-refractivity contribution in [3.63, 3.8) is 0 Å². The summed E-state index contributed by atoms with van der Waals surface area (Å²) in [5, 5.41) is 9.89. The van der Waals surface area contributed by atoms with Gasteiger partial charge in [-0.15, -0.1) is 0 Å². The fraction of sp³-hybridized carbons (Fsp3) is 0.0500. The Morgan fingerprint density at radius 2 is 0.844 bits per heavy atom. The van der Waals surface area contributed by atoms with Gasteiger partial charge in [-0.25, -0.2) is 4.98 Å². The van der Waals surface area contributed by atoms with Crippen molar-refractivity contribution in [3.8, 4) is 45.0 Å². The van der Waals surface area contributed by atoms with E-state index >= 15 is 0 Å². The molecule has 13 rings (SSSR count). The van der Waals surface area contributed by atoms with Crippen LogP contribution in [0.1, 0.15) is 13.3 Å². The molecule has 0 aliphatic carbocycles. The monoisotopic (exact) mass is 818 g/mol. The SMILES string of the molecule is CCCn1c2ccc(-c3cccc(-c4nc5c6ccccc6c6ccccc6c5n4-c4ccccc4)c3)cc2c2cc(-c3cccc(-n4c5ccccc5c5ccccc54)c3)ccc21. The van der Waals surface area contributed by atoms with Crippen LogP contribution >= 0.6 is 0 Å². The van der Waals surface area contributed by atoms with Crippen LogP contribution in [0.4, 0.5) is 0 Å². The first-order valence-electron chi connectivity index (χ1n) is 22.3. The van der Waals surface area contributed by atoms with Crippen molar-refractivity contribution in [1.82, 2.24) is 18.7 Å². The zero-order chi connectivity index (χ0) is 42.3. The van der Waals surface area contributed by atoms with E-state index < -0.39 is 0 Å². The Morgan fingerprint density at radius 3 is 1.50 bits per heavy atom. The minimum atomic E-state index is 0.929. The van der Waals surface area contributed by atoms with Crippen LogP contribution < -0.4 is 0 Å². The molecule has 0 radical (unpaired) electrons. The summed E-state index contributed by atoms with van der Waals surface area (Å²) >= 11 is 0. The van der Waals surface area contributed by atoms with E-state index in [1.807, 2.05) is 0 Å². The van der Waals surface area contributed by atoms with Crippen molar-refractivity contribution < 1.29 is 0 Å². The van der Waals surface area contributed by atoms with Crippen LogP contribution in [0.5, 0.6) is 0 Å². The number of nitrogens with zero attached hydrogens (tertiary/aromatic N) is 4. The molecule has 0 unspecified atom stereocenters. The number of benzene rings is 10. The Bertz CT molecular complexity index is 3920. The highest BCUT2D eigenvalue weighted by molar-refractivity contribution is 6.24. The molecule has 0 saturated carbocycles. The van der Waals surface area contributed by atoms with Gasteiger partial charge in [0.05, 0.1) is 22.1 Å². The lowest BCUT2D eigenvalue weighted by Gasteiger charge is -2.13. The maximum Gasteiger partial charge on any atom is 0.145 e. The molecule has 0 fully saturated rings. The van der Waals surface area contributed by atoms with Gasteiger partial charge in [0.1, 0.15) is 5.82 Å². The molecule has 0 amide bonds. The molecule has 0 bridgehead atoms. The Hall–Kier alpha value is -8.21. The van der Waals surface area contributed by atoms with E-state index in [-0.39, 0.29) is 0 Å². The lowest BCUT2D eigenvalue weighted by atomic mass is 9.99. The summed E-state index contributed by atoms with van der Waals surface area (Å²) in [5.41, 5.74) is 15.2. The fourth-order valence-corrected chi connectivity index (χ4v) is 10.5. The lowest BCUT2D eigenvalue weighted by molar-refractivity contribution is 0.724. The largest absolute Gasteiger partial charge is 0.340 e. The molecule has 3 heterocycles. The maximum atomic E-state index is 5.54. The number of aromatic nitrogens is 4. The summed E-state index contributed by atoms with van der Waals surface area (Å²) in [4.78, 5) is 5.54. The van der Waals surface area contributed by atoms with Crippen LogP contribution in [0.25, 0.3) is 121 Å². The smallest absolute Gasteiger partial charge is 0.145 e. The third-order valence-electron chi connectivity index (χ3n) is 13.3. The summed E-state index contributed by atoms with van der Waals surface area (Å²) < 4.78 is 7.27. The Balaban J connectivity index is 0.966. The molecule has 3 aromatic heterocycles.